The van der Waals surface area contributed by atoms with E-state index in [1.54, 1.807) is 11.3 Å². The van der Waals surface area contributed by atoms with Gasteiger partial charge in [-0.05, 0) is 24.1 Å². The predicted octanol–water partition coefficient (Wildman–Crippen LogP) is 5.09. The van der Waals surface area contributed by atoms with Crippen LogP contribution in [-0.4, -0.2) is 42.6 Å². The van der Waals surface area contributed by atoms with Crippen LogP contribution in [0.25, 0.3) is 16.3 Å². The van der Waals surface area contributed by atoms with Gasteiger partial charge in [-0.2, -0.15) is 0 Å². The van der Waals surface area contributed by atoms with Crippen molar-refractivity contribution in [2.24, 2.45) is 0 Å². The Morgan fingerprint density at radius 1 is 1.08 bits per heavy atom. The predicted molar refractivity (Wildman–Crippen MR) is 113 cm³/mol. The molecule has 1 saturated heterocycles. The van der Waals surface area contributed by atoms with E-state index in [9.17, 15) is 0 Å². The summed E-state index contributed by atoms with van der Waals surface area (Å²) < 4.78 is 1.11. The van der Waals surface area contributed by atoms with E-state index in [0.717, 1.165) is 53.1 Å². The Bertz CT molecular complexity index is 873. The zero-order chi connectivity index (χ0) is 17.9. The number of anilines is 1. The molecular weight excluding hydrogens is 362 g/mol. The second kappa shape index (κ2) is 7.78. The fourth-order valence-electron chi connectivity index (χ4n) is 3.25. The van der Waals surface area contributed by atoms with E-state index in [1.807, 2.05) is 18.2 Å². The SMILES string of the molecule is Cc1ccc(Cl)c2sc(N3CCN(C/C=C/c4ccccc4)CC3)nc12. The fourth-order valence-corrected chi connectivity index (χ4v) is 4.62. The van der Waals surface area contributed by atoms with Crippen LogP contribution in [0, 0.1) is 6.92 Å². The largest absolute Gasteiger partial charge is 0.345 e. The second-order valence-electron chi connectivity index (χ2n) is 6.64. The minimum absolute atomic E-state index is 0.805. The maximum Gasteiger partial charge on any atom is 0.186 e. The molecule has 0 amide bonds. The fraction of sp³-hybridized carbons (Fsp3) is 0.286. The van der Waals surface area contributed by atoms with Crippen LogP contribution in [0.3, 0.4) is 0 Å². The molecule has 0 radical (unpaired) electrons. The molecule has 3 nitrogen and oxygen atoms in total. The van der Waals surface area contributed by atoms with Crippen molar-refractivity contribution in [2.75, 3.05) is 37.6 Å². The second-order valence-corrected chi connectivity index (χ2v) is 8.02. The summed E-state index contributed by atoms with van der Waals surface area (Å²) in [7, 11) is 0. The van der Waals surface area contributed by atoms with Crippen molar-refractivity contribution in [1.29, 1.82) is 0 Å². The van der Waals surface area contributed by atoms with E-state index in [0.29, 0.717) is 0 Å². The minimum Gasteiger partial charge on any atom is -0.345 e. The molecule has 2 aromatic carbocycles. The molecule has 0 saturated carbocycles. The Kier molecular flexibility index (Phi) is 5.25. The van der Waals surface area contributed by atoms with Crippen molar-refractivity contribution in [3.63, 3.8) is 0 Å². The summed E-state index contributed by atoms with van der Waals surface area (Å²) in [4.78, 5) is 9.73. The summed E-state index contributed by atoms with van der Waals surface area (Å²) in [5, 5.41) is 1.90. The van der Waals surface area contributed by atoms with Gasteiger partial charge in [0.05, 0.1) is 15.2 Å². The molecule has 1 fully saturated rings. The highest BCUT2D eigenvalue weighted by molar-refractivity contribution is 7.22. The first kappa shape index (κ1) is 17.5. The quantitative estimate of drug-likeness (QED) is 0.625. The molecule has 134 valence electrons. The van der Waals surface area contributed by atoms with Crippen molar-refractivity contribution in [1.82, 2.24) is 9.88 Å². The van der Waals surface area contributed by atoms with Gasteiger partial charge in [0, 0.05) is 32.7 Å². The molecule has 0 aliphatic carbocycles. The van der Waals surface area contributed by atoms with Crippen molar-refractivity contribution in [2.45, 2.75) is 6.92 Å². The molecule has 0 unspecified atom stereocenters. The smallest absolute Gasteiger partial charge is 0.186 e. The van der Waals surface area contributed by atoms with Crippen LogP contribution >= 0.6 is 22.9 Å². The zero-order valence-electron chi connectivity index (χ0n) is 14.9. The minimum atomic E-state index is 0.805. The summed E-state index contributed by atoms with van der Waals surface area (Å²) in [5.74, 6) is 0. The van der Waals surface area contributed by atoms with E-state index in [4.69, 9.17) is 16.6 Å². The van der Waals surface area contributed by atoms with Gasteiger partial charge in [0.2, 0.25) is 0 Å². The Balaban J connectivity index is 1.37. The molecule has 1 aliphatic rings. The molecule has 0 spiro atoms. The normalized spacial score (nSPS) is 16.0. The maximum atomic E-state index is 6.35. The van der Waals surface area contributed by atoms with Gasteiger partial charge in [-0.25, -0.2) is 4.98 Å². The molecular formula is C21H22ClN3S. The van der Waals surface area contributed by atoms with Crippen LogP contribution in [0.4, 0.5) is 5.13 Å². The number of benzene rings is 2. The van der Waals surface area contributed by atoms with Gasteiger partial charge in [-0.1, -0.05) is 71.5 Å². The lowest BCUT2D eigenvalue weighted by atomic mass is 10.2. The molecule has 3 aromatic rings. The molecule has 5 heteroatoms. The lowest BCUT2D eigenvalue weighted by molar-refractivity contribution is 0.284. The number of rotatable bonds is 4. The number of hydrogen-bond donors (Lipinski definition) is 0. The number of halogens is 1. The first-order valence-corrected chi connectivity index (χ1v) is 10.1. The van der Waals surface area contributed by atoms with Crippen LogP contribution in [0.2, 0.25) is 5.02 Å². The van der Waals surface area contributed by atoms with Crippen LogP contribution in [0.1, 0.15) is 11.1 Å². The number of fused-ring (bicyclic) bond motifs is 1. The molecule has 2 heterocycles. The summed E-state index contributed by atoms with van der Waals surface area (Å²) in [6.45, 7) is 7.22. The van der Waals surface area contributed by atoms with Gasteiger partial charge in [0.25, 0.3) is 0 Å². The lowest BCUT2D eigenvalue weighted by Crippen LogP contribution is -2.46. The summed E-state index contributed by atoms with van der Waals surface area (Å²) in [5.41, 5.74) is 3.50. The number of thiazole rings is 1. The number of aryl methyl sites for hydroxylation is 1. The Labute approximate surface area is 163 Å². The van der Waals surface area contributed by atoms with Gasteiger partial charge in [0.15, 0.2) is 5.13 Å². The first-order valence-electron chi connectivity index (χ1n) is 8.95. The summed E-state index contributed by atoms with van der Waals surface area (Å²) in [6, 6.07) is 14.5. The average Bonchev–Trinajstić information content (AvgIpc) is 3.13. The van der Waals surface area contributed by atoms with Crippen molar-refractivity contribution >= 4 is 44.4 Å². The highest BCUT2D eigenvalue weighted by Gasteiger charge is 2.20. The topological polar surface area (TPSA) is 19.4 Å². The van der Waals surface area contributed by atoms with Crippen LogP contribution in [0.15, 0.2) is 48.5 Å². The number of nitrogens with zero attached hydrogens (tertiary/aromatic N) is 3. The van der Waals surface area contributed by atoms with Gasteiger partial charge < -0.3 is 4.90 Å². The highest BCUT2D eigenvalue weighted by atomic mass is 35.5. The van der Waals surface area contributed by atoms with E-state index >= 15 is 0 Å². The molecule has 0 bridgehead atoms. The summed E-state index contributed by atoms with van der Waals surface area (Å²) in [6.07, 6.45) is 4.45. The Morgan fingerprint density at radius 3 is 2.58 bits per heavy atom. The van der Waals surface area contributed by atoms with E-state index in [2.05, 4.69) is 53.1 Å². The zero-order valence-corrected chi connectivity index (χ0v) is 16.4. The molecule has 26 heavy (non-hydrogen) atoms. The lowest BCUT2D eigenvalue weighted by Gasteiger charge is -2.33. The van der Waals surface area contributed by atoms with Crippen LogP contribution in [0.5, 0.6) is 0 Å². The van der Waals surface area contributed by atoms with E-state index in [-0.39, 0.29) is 0 Å². The van der Waals surface area contributed by atoms with Gasteiger partial charge in [0.1, 0.15) is 0 Å². The maximum absolute atomic E-state index is 6.35. The van der Waals surface area contributed by atoms with Gasteiger partial charge in [-0.15, -0.1) is 0 Å². The molecule has 4 rings (SSSR count). The third kappa shape index (κ3) is 3.78. The standard InChI is InChI=1S/C21H22ClN3S/c1-16-9-10-18(22)20-19(16)23-21(26-20)25-14-12-24(13-15-25)11-5-8-17-6-3-2-4-7-17/h2-10H,11-15H2,1H3/b8-5+. The van der Waals surface area contributed by atoms with Crippen LogP contribution in [-0.2, 0) is 0 Å². The molecule has 1 aliphatic heterocycles. The number of aromatic nitrogens is 1. The van der Waals surface area contributed by atoms with E-state index in [1.165, 1.54) is 11.1 Å². The van der Waals surface area contributed by atoms with Gasteiger partial charge in [-0.3, -0.25) is 4.90 Å². The van der Waals surface area contributed by atoms with Gasteiger partial charge >= 0.3 is 0 Å². The molecule has 0 atom stereocenters. The molecule has 0 N–H and O–H groups in total. The Morgan fingerprint density at radius 2 is 1.85 bits per heavy atom. The van der Waals surface area contributed by atoms with Crippen molar-refractivity contribution in [3.05, 3.63) is 64.7 Å². The first-order chi connectivity index (χ1) is 12.7. The highest BCUT2D eigenvalue weighted by Crippen LogP contribution is 2.35. The number of hydrogen-bond acceptors (Lipinski definition) is 4. The third-order valence-corrected chi connectivity index (χ3v) is 6.38. The average molecular weight is 384 g/mol. The van der Waals surface area contributed by atoms with Crippen LogP contribution < -0.4 is 4.90 Å². The monoisotopic (exact) mass is 383 g/mol. The van der Waals surface area contributed by atoms with E-state index < -0.39 is 0 Å². The third-order valence-electron chi connectivity index (χ3n) is 4.80. The molecule has 1 aromatic heterocycles. The van der Waals surface area contributed by atoms with Crippen molar-refractivity contribution in [3.8, 4) is 0 Å². The summed E-state index contributed by atoms with van der Waals surface area (Å²) >= 11 is 8.06. The number of piperazine rings is 1. The Hall–Kier alpha value is -1.88. The van der Waals surface area contributed by atoms with Crippen molar-refractivity contribution < 1.29 is 0 Å².